The second-order valence-corrected chi connectivity index (χ2v) is 4.59. The van der Waals surface area contributed by atoms with Gasteiger partial charge in [0.25, 0.3) is 11.7 Å². The van der Waals surface area contributed by atoms with E-state index in [1.165, 1.54) is 0 Å². The third kappa shape index (κ3) is 1.99. The lowest BCUT2D eigenvalue weighted by molar-refractivity contribution is -0.114. The Morgan fingerprint density at radius 3 is 2.61 bits per heavy atom. The van der Waals surface area contributed by atoms with Gasteiger partial charge >= 0.3 is 0 Å². The van der Waals surface area contributed by atoms with Crippen LogP contribution in [0.2, 0.25) is 0 Å². The molecule has 0 saturated heterocycles. The first kappa shape index (κ1) is 13.0. The summed E-state index contributed by atoms with van der Waals surface area (Å²) in [7, 11) is 0. The number of hydrogen-bond acceptors (Lipinski definition) is 2. The number of rotatable bonds is 3. The Morgan fingerprint density at radius 2 is 2.00 bits per heavy atom. The fraction of sp³-hybridized carbons (Fsp3) is 0.333. The summed E-state index contributed by atoms with van der Waals surface area (Å²) in [6, 6.07) is 1.58. The van der Waals surface area contributed by atoms with Crippen molar-refractivity contribution in [3.8, 4) is 0 Å². The molecule has 6 heteroatoms. The molecule has 1 aliphatic heterocycles. The van der Waals surface area contributed by atoms with Crippen LogP contribution in [0.5, 0.6) is 0 Å². The van der Waals surface area contributed by atoms with E-state index in [4.69, 9.17) is 11.6 Å². The van der Waals surface area contributed by atoms with Gasteiger partial charge in [-0.2, -0.15) is 0 Å². The van der Waals surface area contributed by atoms with Gasteiger partial charge in [-0.3, -0.25) is 9.59 Å². The standard InChI is InChI=1S/C12H10ClF2NO2/c1-6(4-13)5-16-9-3-7(14)2-8(15)10(9)11(17)12(16)18/h2-3,6H,4-5H2,1H3. The summed E-state index contributed by atoms with van der Waals surface area (Å²) in [6.45, 7) is 1.93. The largest absolute Gasteiger partial charge is 0.304 e. The summed E-state index contributed by atoms with van der Waals surface area (Å²) >= 11 is 5.63. The molecule has 2 rings (SSSR count). The number of carbonyl (C=O) groups is 2. The molecule has 0 saturated carbocycles. The van der Waals surface area contributed by atoms with Crippen molar-refractivity contribution in [1.82, 2.24) is 0 Å². The Labute approximate surface area is 107 Å². The number of nitrogens with zero attached hydrogens (tertiary/aromatic N) is 1. The minimum Gasteiger partial charge on any atom is -0.304 e. The van der Waals surface area contributed by atoms with Gasteiger partial charge in [0.05, 0.1) is 11.3 Å². The monoisotopic (exact) mass is 273 g/mol. The molecule has 1 heterocycles. The van der Waals surface area contributed by atoms with Crippen LogP contribution in [0.25, 0.3) is 0 Å². The molecule has 1 aliphatic rings. The van der Waals surface area contributed by atoms with Gasteiger partial charge < -0.3 is 4.90 Å². The summed E-state index contributed by atoms with van der Waals surface area (Å²) in [5, 5.41) is 0. The first-order chi connectivity index (χ1) is 8.45. The third-order valence-corrected chi connectivity index (χ3v) is 3.28. The van der Waals surface area contributed by atoms with Gasteiger partial charge in [0.15, 0.2) is 0 Å². The number of anilines is 1. The number of halogens is 3. The van der Waals surface area contributed by atoms with Gasteiger partial charge in [-0.05, 0) is 12.0 Å². The van der Waals surface area contributed by atoms with Crippen LogP contribution < -0.4 is 4.90 Å². The molecule has 0 aromatic heterocycles. The van der Waals surface area contributed by atoms with Crippen LogP contribution in [-0.2, 0) is 4.79 Å². The molecule has 1 atom stereocenters. The maximum absolute atomic E-state index is 13.5. The fourth-order valence-electron chi connectivity index (χ4n) is 1.88. The zero-order valence-electron chi connectivity index (χ0n) is 9.54. The Kier molecular flexibility index (Phi) is 3.34. The molecule has 3 nitrogen and oxygen atoms in total. The molecule has 1 amide bonds. The molecule has 1 aromatic carbocycles. The number of benzene rings is 1. The minimum absolute atomic E-state index is 0.0144. The van der Waals surface area contributed by atoms with E-state index in [0.717, 1.165) is 11.0 Å². The summed E-state index contributed by atoms with van der Waals surface area (Å²) in [6.07, 6.45) is 0. The number of ketones is 1. The molecule has 0 fully saturated rings. The zero-order chi connectivity index (χ0) is 13.4. The molecule has 0 radical (unpaired) electrons. The molecular formula is C12H10ClF2NO2. The Hall–Kier alpha value is -1.49. The molecule has 1 unspecified atom stereocenters. The Balaban J connectivity index is 2.48. The van der Waals surface area contributed by atoms with Crippen molar-refractivity contribution in [1.29, 1.82) is 0 Å². The number of alkyl halides is 1. The summed E-state index contributed by atoms with van der Waals surface area (Å²) in [5.41, 5.74) is -0.373. The topological polar surface area (TPSA) is 37.4 Å². The van der Waals surface area contributed by atoms with Gasteiger partial charge in [0.1, 0.15) is 11.6 Å². The van der Waals surface area contributed by atoms with E-state index in [2.05, 4.69) is 0 Å². The quantitative estimate of drug-likeness (QED) is 0.626. The first-order valence-corrected chi connectivity index (χ1v) is 5.90. The van der Waals surface area contributed by atoms with Gasteiger partial charge in [-0.25, -0.2) is 8.78 Å². The van der Waals surface area contributed by atoms with Crippen molar-refractivity contribution in [2.75, 3.05) is 17.3 Å². The van der Waals surface area contributed by atoms with E-state index in [0.29, 0.717) is 6.07 Å². The summed E-state index contributed by atoms with van der Waals surface area (Å²) < 4.78 is 26.7. The van der Waals surface area contributed by atoms with E-state index in [9.17, 15) is 18.4 Å². The number of amides is 1. The van der Waals surface area contributed by atoms with Gasteiger partial charge in [-0.1, -0.05) is 6.92 Å². The van der Waals surface area contributed by atoms with E-state index >= 15 is 0 Å². The maximum atomic E-state index is 13.5. The average Bonchev–Trinajstić information content (AvgIpc) is 2.54. The van der Waals surface area contributed by atoms with E-state index in [-0.39, 0.29) is 29.6 Å². The highest BCUT2D eigenvalue weighted by atomic mass is 35.5. The van der Waals surface area contributed by atoms with Crippen LogP contribution in [0.3, 0.4) is 0 Å². The summed E-state index contributed by atoms with van der Waals surface area (Å²) in [4.78, 5) is 24.4. The highest BCUT2D eigenvalue weighted by Crippen LogP contribution is 2.32. The van der Waals surface area contributed by atoms with E-state index in [1.54, 1.807) is 6.92 Å². The van der Waals surface area contributed by atoms with Crippen molar-refractivity contribution >= 4 is 29.0 Å². The Morgan fingerprint density at radius 1 is 1.33 bits per heavy atom. The van der Waals surface area contributed by atoms with Gasteiger partial charge in [0.2, 0.25) is 0 Å². The molecule has 96 valence electrons. The molecule has 0 N–H and O–H groups in total. The van der Waals surface area contributed by atoms with Crippen molar-refractivity contribution < 1.29 is 18.4 Å². The van der Waals surface area contributed by atoms with Gasteiger partial charge in [0, 0.05) is 18.5 Å². The average molecular weight is 274 g/mol. The normalized spacial score (nSPS) is 16.1. The SMILES string of the molecule is CC(CCl)CN1C(=O)C(=O)c2c(F)cc(F)cc21. The Bertz CT molecular complexity index is 533. The van der Waals surface area contributed by atoms with Crippen LogP contribution in [0.15, 0.2) is 12.1 Å². The second-order valence-electron chi connectivity index (χ2n) is 4.29. The van der Waals surface area contributed by atoms with Gasteiger partial charge in [-0.15, -0.1) is 11.6 Å². The van der Waals surface area contributed by atoms with Crippen molar-refractivity contribution in [3.63, 3.8) is 0 Å². The zero-order valence-corrected chi connectivity index (χ0v) is 10.3. The third-order valence-electron chi connectivity index (χ3n) is 2.75. The molecule has 0 bridgehead atoms. The predicted molar refractivity (Wildman–Crippen MR) is 62.9 cm³/mol. The van der Waals surface area contributed by atoms with Crippen LogP contribution in [-0.4, -0.2) is 24.1 Å². The smallest absolute Gasteiger partial charge is 0.299 e. The van der Waals surface area contributed by atoms with Crippen molar-refractivity contribution in [2.24, 2.45) is 5.92 Å². The van der Waals surface area contributed by atoms with Crippen LogP contribution in [0.1, 0.15) is 17.3 Å². The molecule has 18 heavy (non-hydrogen) atoms. The van der Waals surface area contributed by atoms with Crippen LogP contribution >= 0.6 is 11.6 Å². The number of carbonyl (C=O) groups excluding carboxylic acids is 2. The summed E-state index contributed by atoms with van der Waals surface area (Å²) in [5.74, 6) is -3.41. The molecule has 0 aliphatic carbocycles. The van der Waals surface area contributed by atoms with Crippen LogP contribution in [0, 0.1) is 17.6 Å². The molecule has 0 spiro atoms. The lowest BCUT2D eigenvalue weighted by atomic mass is 10.1. The molecule has 1 aromatic rings. The van der Waals surface area contributed by atoms with E-state index < -0.39 is 23.3 Å². The minimum atomic E-state index is -1.01. The van der Waals surface area contributed by atoms with Crippen LogP contribution in [0.4, 0.5) is 14.5 Å². The number of hydrogen-bond donors (Lipinski definition) is 0. The van der Waals surface area contributed by atoms with E-state index in [1.807, 2.05) is 0 Å². The predicted octanol–water partition coefficient (Wildman–Crippen LogP) is 2.37. The lowest BCUT2D eigenvalue weighted by Gasteiger charge is -2.19. The molecular weight excluding hydrogens is 264 g/mol. The number of fused-ring (bicyclic) bond motifs is 1. The maximum Gasteiger partial charge on any atom is 0.299 e. The highest BCUT2D eigenvalue weighted by molar-refractivity contribution is 6.52. The van der Waals surface area contributed by atoms with Crippen molar-refractivity contribution in [2.45, 2.75) is 6.92 Å². The first-order valence-electron chi connectivity index (χ1n) is 5.37. The fourth-order valence-corrected chi connectivity index (χ4v) is 1.98. The lowest BCUT2D eigenvalue weighted by Crippen LogP contribution is -2.34. The van der Waals surface area contributed by atoms with Crippen molar-refractivity contribution in [3.05, 3.63) is 29.3 Å². The second kappa shape index (κ2) is 4.65. The highest BCUT2D eigenvalue weighted by Gasteiger charge is 2.39. The number of Topliss-reactive ketones (excluding diaryl/α,β-unsaturated/α-hetero) is 1.